The Balaban J connectivity index is 2.36. The molecule has 0 atom stereocenters. The molecule has 2 aromatic rings. The number of rotatable bonds is 7. The lowest BCUT2D eigenvalue weighted by Gasteiger charge is -2.39. The summed E-state index contributed by atoms with van der Waals surface area (Å²) in [5.41, 5.74) is 0.146. The number of carbonyl (C=O) groups excluding carboxylic acids is 1. The van der Waals surface area contributed by atoms with Gasteiger partial charge >= 0.3 is 41.7 Å². The summed E-state index contributed by atoms with van der Waals surface area (Å²) in [5, 5.41) is 1.25. The highest BCUT2D eigenvalue weighted by Gasteiger charge is 2.91. The van der Waals surface area contributed by atoms with Crippen molar-refractivity contribution in [2.75, 3.05) is 5.32 Å². The van der Waals surface area contributed by atoms with E-state index in [1.165, 1.54) is 24.3 Å². The monoisotopic (exact) mass is 556 g/mol. The maximum Gasteiger partial charge on any atom is 0.460 e. The molecule has 1 aromatic heterocycles. The van der Waals surface area contributed by atoms with Gasteiger partial charge in [-0.05, 0) is 12.1 Å². The molecule has 18 heteroatoms. The van der Waals surface area contributed by atoms with Crippen molar-refractivity contribution in [3.8, 4) is 11.3 Å². The highest BCUT2D eigenvalue weighted by atomic mass is 35.5. The molecular weight excluding hydrogens is 551 g/mol. The number of hydrogen-bond donors (Lipinski definition) is 1. The number of benzene rings is 1. The predicted molar refractivity (Wildman–Crippen MR) is 92.0 cm³/mol. The highest BCUT2D eigenvalue weighted by molar-refractivity contribution is 7.14. The normalized spacial score (nSPS) is 14.3. The second-order valence-electron chi connectivity index (χ2n) is 6.37. The molecule has 0 fully saturated rings. The first-order valence-corrected chi connectivity index (χ1v) is 9.35. The Hall–Kier alpha value is -2.30. The molecule has 0 aliphatic heterocycles. The third kappa shape index (κ3) is 4.27. The zero-order valence-electron chi connectivity index (χ0n) is 15.4. The number of halogens is 14. The number of hydrogen-bond acceptors (Lipinski definition) is 3. The quantitative estimate of drug-likeness (QED) is 0.368. The Morgan fingerprint density at radius 3 is 1.71 bits per heavy atom. The molecule has 1 heterocycles. The average molecular weight is 557 g/mol. The Labute approximate surface area is 188 Å². The van der Waals surface area contributed by atoms with E-state index in [0.29, 0.717) is 0 Å². The number of thiazole rings is 1. The van der Waals surface area contributed by atoms with Crippen LogP contribution in [0.2, 0.25) is 5.02 Å². The molecule has 1 N–H and O–H groups in total. The minimum Gasteiger partial charge on any atom is -0.296 e. The van der Waals surface area contributed by atoms with E-state index in [9.17, 15) is 61.9 Å². The molecule has 3 nitrogen and oxygen atoms in total. The number of amides is 1. The van der Waals surface area contributed by atoms with Crippen LogP contribution in [0.15, 0.2) is 29.6 Å². The van der Waals surface area contributed by atoms with Crippen LogP contribution in [0.25, 0.3) is 11.3 Å². The summed E-state index contributed by atoms with van der Waals surface area (Å²) >= 11 is 5.90. The first-order chi connectivity index (χ1) is 15.1. The summed E-state index contributed by atoms with van der Waals surface area (Å²) in [6, 6.07) is 5.33. The molecule has 0 saturated heterocycles. The van der Waals surface area contributed by atoms with Crippen molar-refractivity contribution in [1.82, 2.24) is 4.98 Å². The molecule has 0 aliphatic carbocycles. The summed E-state index contributed by atoms with van der Waals surface area (Å²) < 4.78 is 170. The van der Waals surface area contributed by atoms with E-state index < -0.39 is 46.8 Å². The number of nitrogens with one attached hydrogen (secondary N) is 1. The Morgan fingerprint density at radius 2 is 1.24 bits per heavy atom. The maximum atomic E-state index is 13.8. The second-order valence-corrected chi connectivity index (χ2v) is 7.66. The maximum absolute atomic E-state index is 13.8. The molecular formula is C16H6ClF13N2OS. The lowest BCUT2D eigenvalue weighted by atomic mass is 9.93. The second kappa shape index (κ2) is 8.42. The van der Waals surface area contributed by atoms with Crippen LogP contribution in [0.4, 0.5) is 62.2 Å². The van der Waals surface area contributed by atoms with Crippen molar-refractivity contribution in [1.29, 1.82) is 0 Å². The van der Waals surface area contributed by atoms with Gasteiger partial charge in [0.2, 0.25) is 0 Å². The van der Waals surface area contributed by atoms with Crippen molar-refractivity contribution in [3.63, 3.8) is 0 Å². The Bertz CT molecular complexity index is 1050. The fraction of sp³-hybridized carbons (Fsp3) is 0.375. The number of aromatic nitrogens is 1. The standard InChI is InChI=1S/C16H6ClF13N2OS/c17-7-3-1-6(2-4-7)8-5-34-10(31-8)32-9(33)11(18,19)12(20,21)13(22,23)14(24,25)15(26,27)16(28,29)30/h1-5H,(H,31,32,33). The van der Waals surface area contributed by atoms with Gasteiger partial charge in [0, 0.05) is 16.0 Å². The van der Waals surface area contributed by atoms with Gasteiger partial charge in [0.15, 0.2) is 5.13 Å². The van der Waals surface area contributed by atoms with E-state index in [0.717, 1.165) is 10.7 Å². The summed E-state index contributed by atoms with van der Waals surface area (Å²) in [6.07, 6.45) is -7.54. The van der Waals surface area contributed by atoms with Gasteiger partial charge in [-0.25, -0.2) is 4.98 Å². The molecule has 190 valence electrons. The van der Waals surface area contributed by atoms with E-state index in [4.69, 9.17) is 11.6 Å². The van der Waals surface area contributed by atoms with Gasteiger partial charge in [-0.1, -0.05) is 23.7 Å². The van der Waals surface area contributed by atoms with Crippen molar-refractivity contribution in [2.45, 2.75) is 35.8 Å². The molecule has 0 saturated carbocycles. The van der Waals surface area contributed by atoms with E-state index in [1.54, 1.807) is 0 Å². The first-order valence-electron chi connectivity index (χ1n) is 8.10. The van der Waals surface area contributed by atoms with Gasteiger partial charge < -0.3 is 0 Å². The zero-order chi connectivity index (χ0) is 26.5. The number of alkyl halides is 13. The summed E-state index contributed by atoms with van der Waals surface area (Å²) in [6.45, 7) is 0. The van der Waals surface area contributed by atoms with Crippen LogP contribution in [0, 0.1) is 0 Å². The Kier molecular flexibility index (Phi) is 6.92. The van der Waals surface area contributed by atoms with Gasteiger partial charge in [-0.15, -0.1) is 11.3 Å². The SMILES string of the molecule is O=C(Nc1nc(-c2ccc(Cl)cc2)cs1)C(F)(F)C(F)(F)C(F)(F)C(F)(F)C(F)(F)C(F)(F)F. The largest absolute Gasteiger partial charge is 0.460 e. The molecule has 0 aliphatic rings. The summed E-state index contributed by atoms with van der Waals surface area (Å²) in [7, 11) is 0. The highest BCUT2D eigenvalue weighted by Crippen LogP contribution is 2.60. The molecule has 2 rings (SSSR count). The third-order valence-corrected chi connectivity index (χ3v) is 5.09. The van der Waals surface area contributed by atoms with Crippen molar-refractivity contribution in [3.05, 3.63) is 34.7 Å². The molecule has 0 radical (unpaired) electrons. The number of anilines is 1. The molecule has 1 amide bonds. The van der Waals surface area contributed by atoms with Crippen molar-refractivity contribution in [2.24, 2.45) is 0 Å². The average Bonchev–Trinajstić information content (AvgIpc) is 3.15. The van der Waals surface area contributed by atoms with Gasteiger partial charge in [-0.2, -0.15) is 57.1 Å². The van der Waals surface area contributed by atoms with Crippen molar-refractivity contribution < 1.29 is 61.9 Å². The third-order valence-electron chi connectivity index (χ3n) is 4.08. The summed E-state index contributed by atoms with van der Waals surface area (Å²) in [5.74, 6) is -42.1. The summed E-state index contributed by atoms with van der Waals surface area (Å²) in [4.78, 5) is 15.0. The van der Waals surface area contributed by atoms with Gasteiger partial charge in [-0.3, -0.25) is 10.1 Å². The van der Waals surface area contributed by atoms with Crippen molar-refractivity contribution >= 4 is 34.0 Å². The predicted octanol–water partition coefficient (Wildman–Crippen LogP) is 7.14. The lowest BCUT2D eigenvalue weighted by Crippen LogP contribution is -2.71. The van der Waals surface area contributed by atoms with Gasteiger partial charge in [0.1, 0.15) is 0 Å². The van der Waals surface area contributed by atoms with Crippen LogP contribution in [-0.2, 0) is 4.79 Å². The molecule has 1 aromatic carbocycles. The van der Waals surface area contributed by atoms with Crippen LogP contribution in [0.5, 0.6) is 0 Å². The van der Waals surface area contributed by atoms with Crippen LogP contribution >= 0.6 is 22.9 Å². The van der Waals surface area contributed by atoms with Crippen LogP contribution in [0.1, 0.15) is 0 Å². The van der Waals surface area contributed by atoms with Crippen LogP contribution in [-0.4, -0.2) is 46.7 Å². The molecule has 0 unspecified atom stereocenters. The topological polar surface area (TPSA) is 42.0 Å². The minimum atomic E-state index is -8.09. The minimum absolute atomic E-state index is 0.0891. The smallest absolute Gasteiger partial charge is 0.296 e. The first kappa shape index (κ1) is 27.9. The van der Waals surface area contributed by atoms with Crippen LogP contribution in [0.3, 0.4) is 0 Å². The fourth-order valence-electron chi connectivity index (χ4n) is 2.17. The molecule has 0 bridgehead atoms. The fourth-order valence-corrected chi connectivity index (χ4v) is 3.01. The lowest BCUT2D eigenvalue weighted by molar-refractivity contribution is -0.435. The van der Waals surface area contributed by atoms with E-state index in [-0.39, 0.29) is 27.6 Å². The van der Waals surface area contributed by atoms with E-state index in [2.05, 4.69) is 4.98 Å². The molecule has 34 heavy (non-hydrogen) atoms. The van der Waals surface area contributed by atoms with E-state index in [1.807, 2.05) is 0 Å². The molecule has 0 spiro atoms. The van der Waals surface area contributed by atoms with Gasteiger partial charge in [0.05, 0.1) is 5.69 Å². The van der Waals surface area contributed by atoms with E-state index >= 15 is 0 Å². The number of nitrogens with zero attached hydrogens (tertiary/aromatic N) is 1. The Morgan fingerprint density at radius 1 is 0.765 bits per heavy atom. The number of carbonyl (C=O) groups is 1. The zero-order valence-corrected chi connectivity index (χ0v) is 17.0. The van der Waals surface area contributed by atoms with Gasteiger partial charge in [0.25, 0.3) is 0 Å². The van der Waals surface area contributed by atoms with Crippen LogP contribution < -0.4 is 5.32 Å².